The number of nitrogens with zero attached hydrogens (tertiary/aromatic N) is 4. The summed E-state index contributed by atoms with van der Waals surface area (Å²) in [6, 6.07) is 0.194. The molecule has 0 aromatic carbocycles. The van der Waals surface area contributed by atoms with Crippen LogP contribution in [0.25, 0.3) is 11.4 Å². The minimum Gasteiger partial charge on any atom is -0.471 e. The number of aldehydes is 1. The maximum absolute atomic E-state index is 14.7. The van der Waals surface area contributed by atoms with Gasteiger partial charge in [0.05, 0.1) is 11.8 Å². The predicted octanol–water partition coefficient (Wildman–Crippen LogP) is 4.23. The molecular formula is C23H29FN4O5. The number of hydrogen-bond acceptors (Lipinski definition) is 8. The molecule has 10 heteroatoms. The molecule has 9 nitrogen and oxygen atoms in total. The summed E-state index contributed by atoms with van der Waals surface area (Å²) in [5.41, 5.74) is 0.924. The normalized spacial score (nSPS) is 21.1. The number of halogens is 1. The highest BCUT2D eigenvalue weighted by Crippen LogP contribution is 2.29. The Morgan fingerprint density at radius 1 is 1.27 bits per heavy atom. The molecule has 2 fully saturated rings. The summed E-state index contributed by atoms with van der Waals surface area (Å²) in [6.07, 6.45) is 8.70. The Morgan fingerprint density at radius 3 is 2.79 bits per heavy atom. The zero-order valence-corrected chi connectivity index (χ0v) is 19.0. The van der Waals surface area contributed by atoms with Crippen LogP contribution in [0, 0.1) is 18.8 Å². The second-order valence-electron chi connectivity index (χ2n) is 8.82. The standard InChI is InChI=1S/C23H29FN4O5/c1-14-18(13-31-23(30)28(2)16-7-3-4-8-16)20(27-33-14)19-11-25-22(21(24)26-19)32-17-9-5-6-15(10-17)12-29/h11-12,15-17H,3-10,13H2,1-2H3/t15-,17?/m0/s1. The molecule has 0 bridgehead atoms. The van der Waals surface area contributed by atoms with Crippen LogP contribution in [-0.2, 0) is 16.1 Å². The quantitative estimate of drug-likeness (QED) is 0.565. The molecule has 2 saturated carbocycles. The maximum atomic E-state index is 14.7. The van der Waals surface area contributed by atoms with Crippen LogP contribution in [0.2, 0.25) is 0 Å². The second-order valence-corrected chi connectivity index (χ2v) is 8.82. The van der Waals surface area contributed by atoms with Gasteiger partial charge in [0.1, 0.15) is 36.1 Å². The van der Waals surface area contributed by atoms with E-state index < -0.39 is 12.0 Å². The first kappa shape index (κ1) is 23.1. The zero-order valence-electron chi connectivity index (χ0n) is 19.0. The highest BCUT2D eigenvalue weighted by molar-refractivity contribution is 5.68. The first-order chi connectivity index (χ1) is 16.0. The fourth-order valence-corrected chi connectivity index (χ4v) is 4.56. The van der Waals surface area contributed by atoms with Gasteiger partial charge in [0, 0.05) is 19.0 Å². The van der Waals surface area contributed by atoms with Crippen molar-refractivity contribution in [1.29, 1.82) is 0 Å². The summed E-state index contributed by atoms with van der Waals surface area (Å²) in [7, 11) is 1.74. The molecule has 1 amide bonds. The Bertz CT molecular complexity index is 991. The number of carbonyl (C=O) groups is 2. The van der Waals surface area contributed by atoms with Gasteiger partial charge >= 0.3 is 6.09 Å². The highest BCUT2D eigenvalue weighted by Gasteiger charge is 2.27. The molecule has 178 valence electrons. The van der Waals surface area contributed by atoms with Gasteiger partial charge in [-0.2, -0.15) is 4.39 Å². The number of ether oxygens (including phenoxy) is 2. The van der Waals surface area contributed by atoms with Crippen LogP contribution in [-0.4, -0.2) is 51.6 Å². The van der Waals surface area contributed by atoms with Crippen molar-refractivity contribution in [3.05, 3.63) is 23.5 Å². The van der Waals surface area contributed by atoms with Gasteiger partial charge in [-0.3, -0.25) is 0 Å². The molecule has 1 unspecified atom stereocenters. The van der Waals surface area contributed by atoms with E-state index in [0.717, 1.165) is 51.2 Å². The third kappa shape index (κ3) is 5.31. The van der Waals surface area contributed by atoms with Crippen LogP contribution in [0.4, 0.5) is 9.18 Å². The summed E-state index contributed by atoms with van der Waals surface area (Å²) >= 11 is 0. The first-order valence-corrected chi connectivity index (χ1v) is 11.5. The van der Waals surface area contributed by atoms with E-state index in [2.05, 4.69) is 15.1 Å². The topological polar surface area (TPSA) is 108 Å². The van der Waals surface area contributed by atoms with Crippen molar-refractivity contribution < 1.29 is 28.0 Å². The number of amides is 1. The highest BCUT2D eigenvalue weighted by atomic mass is 19.1. The zero-order chi connectivity index (χ0) is 23.4. The average molecular weight is 461 g/mol. The molecule has 2 aromatic heterocycles. The van der Waals surface area contributed by atoms with E-state index >= 15 is 0 Å². The van der Waals surface area contributed by atoms with Crippen LogP contribution < -0.4 is 4.74 Å². The molecule has 0 aliphatic heterocycles. The first-order valence-electron chi connectivity index (χ1n) is 11.5. The number of aromatic nitrogens is 3. The Balaban J connectivity index is 1.43. The summed E-state index contributed by atoms with van der Waals surface area (Å²) in [6.45, 7) is 1.62. The van der Waals surface area contributed by atoms with Gasteiger partial charge in [-0.25, -0.2) is 14.8 Å². The Labute approximate surface area is 191 Å². The van der Waals surface area contributed by atoms with Crippen molar-refractivity contribution in [3.8, 4) is 17.3 Å². The van der Waals surface area contributed by atoms with Gasteiger partial charge in [-0.1, -0.05) is 18.0 Å². The van der Waals surface area contributed by atoms with Crippen LogP contribution in [0.1, 0.15) is 62.7 Å². The number of hydrogen-bond donors (Lipinski definition) is 0. The third-order valence-corrected chi connectivity index (χ3v) is 6.56. The lowest BCUT2D eigenvalue weighted by atomic mass is 9.88. The van der Waals surface area contributed by atoms with Crippen LogP contribution >= 0.6 is 0 Å². The van der Waals surface area contributed by atoms with Gasteiger partial charge in [-0.05, 0) is 45.4 Å². The van der Waals surface area contributed by atoms with Crippen molar-refractivity contribution in [2.45, 2.75) is 77.0 Å². The van der Waals surface area contributed by atoms with Gasteiger partial charge in [0.15, 0.2) is 0 Å². The Kier molecular flexibility index (Phi) is 7.20. The van der Waals surface area contributed by atoms with Crippen molar-refractivity contribution in [3.63, 3.8) is 0 Å². The monoisotopic (exact) mass is 460 g/mol. The largest absolute Gasteiger partial charge is 0.471 e. The number of rotatable bonds is 7. The summed E-state index contributed by atoms with van der Waals surface area (Å²) in [5.74, 6) is -0.701. The minimum atomic E-state index is -0.870. The fourth-order valence-electron chi connectivity index (χ4n) is 4.56. The Hall–Kier alpha value is -3.04. The summed E-state index contributed by atoms with van der Waals surface area (Å²) in [5, 5.41) is 3.96. The second kappa shape index (κ2) is 10.3. The van der Waals surface area contributed by atoms with Gasteiger partial charge < -0.3 is 23.7 Å². The molecule has 2 heterocycles. The lowest BCUT2D eigenvalue weighted by Crippen LogP contribution is -2.35. The third-order valence-electron chi connectivity index (χ3n) is 6.56. The van der Waals surface area contributed by atoms with E-state index in [-0.39, 0.29) is 41.9 Å². The molecule has 2 aliphatic carbocycles. The van der Waals surface area contributed by atoms with E-state index in [4.69, 9.17) is 14.0 Å². The lowest BCUT2D eigenvalue weighted by Gasteiger charge is -2.26. The van der Waals surface area contributed by atoms with E-state index in [1.54, 1.807) is 18.9 Å². The predicted molar refractivity (Wildman–Crippen MR) is 115 cm³/mol. The summed E-state index contributed by atoms with van der Waals surface area (Å²) < 4.78 is 31.1. The minimum absolute atomic E-state index is 0.0722. The molecule has 2 atom stereocenters. The van der Waals surface area contributed by atoms with Crippen molar-refractivity contribution >= 4 is 12.4 Å². The summed E-state index contributed by atoms with van der Waals surface area (Å²) in [4.78, 5) is 33.2. The smallest absolute Gasteiger partial charge is 0.410 e. The van der Waals surface area contributed by atoms with Crippen LogP contribution in [0.5, 0.6) is 5.88 Å². The molecule has 0 saturated heterocycles. The molecule has 2 aliphatic rings. The van der Waals surface area contributed by atoms with Gasteiger partial charge in [0.25, 0.3) is 11.8 Å². The van der Waals surface area contributed by atoms with Crippen molar-refractivity contribution in [1.82, 2.24) is 20.0 Å². The lowest BCUT2D eigenvalue weighted by molar-refractivity contribution is -0.112. The maximum Gasteiger partial charge on any atom is 0.410 e. The molecule has 4 rings (SSSR count). The number of carbonyl (C=O) groups excluding carboxylic acids is 2. The van der Waals surface area contributed by atoms with E-state index in [1.807, 2.05) is 0 Å². The van der Waals surface area contributed by atoms with Crippen LogP contribution in [0.3, 0.4) is 0 Å². The van der Waals surface area contributed by atoms with E-state index in [9.17, 15) is 14.0 Å². The molecule has 2 aromatic rings. The Morgan fingerprint density at radius 2 is 2.06 bits per heavy atom. The molecule has 0 N–H and O–H groups in total. The van der Waals surface area contributed by atoms with Crippen molar-refractivity contribution in [2.75, 3.05) is 7.05 Å². The SMILES string of the molecule is Cc1onc(-c2cnc(OC3CCC[C@H](C=O)C3)c(F)n2)c1COC(=O)N(C)C1CCCC1. The van der Waals surface area contributed by atoms with Crippen LogP contribution in [0.15, 0.2) is 10.7 Å². The molecule has 0 radical (unpaired) electrons. The molecular weight excluding hydrogens is 431 g/mol. The van der Waals surface area contributed by atoms with Gasteiger partial charge in [0.2, 0.25) is 0 Å². The molecule has 33 heavy (non-hydrogen) atoms. The van der Waals surface area contributed by atoms with Gasteiger partial charge in [-0.15, -0.1) is 0 Å². The number of aryl methyl sites for hydroxylation is 1. The van der Waals surface area contributed by atoms with E-state index in [0.29, 0.717) is 17.7 Å². The van der Waals surface area contributed by atoms with Crippen molar-refractivity contribution in [2.24, 2.45) is 5.92 Å². The fraction of sp³-hybridized carbons (Fsp3) is 0.609. The average Bonchev–Trinajstić information content (AvgIpc) is 3.48. The molecule has 0 spiro atoms. The van der Waals surface area contributed by atoms with E-state index in [1.165, 1.54) is 6.20 Å².